The molecule has 5 heteroatoms. The van der Waals surface area contributed by atoms with E-state index >= 15 is 0 Å². The molecule has 0 fully saturated rings. The zero-order valence-corrected chi connectivity index (χ0v) is 13.1. The van der Waals surface area contributed by atoms with E-state index in [-0.39, 0.29) is 19.1 Å². The van der Waals surface area contributed by atoms with E-state index in [0.29, 0.717) is 11.4 Å². The van der Waals surface area contributed by atoms with E-state index in [1.807, 2.05) is 38.1 Å². The Morgan fingerprint density at radius 3 is 2.35 bits per heavy atom. The Labute approximate surface area is 135 Å². The van der Waals surface area contributed by atoms with Crippen LogP contribution in [0, 0.1) is 25.2 Å². The molecule has 0 spiro atoms. The summed E-state index contributed by atoms with van der Waals surface area (Å²) >= 11 is 0. The maximum absolute atomic E-state index is 12.0. The molecular formula is C18H18N2O3. The van der Waals surface area contributed by atoms with Crippen LogP contribution in [0.1, 0.15) is 11.1 Å². The van der Waals surface area contributed by atoms with Crippen LogP contribution in [0.2, 0.25) is 0 Å². The first kappa shape index (κ1) is 16.4. The Morgan fingerprint density at radius 2 is 1.74 bits per heavy atom. The predicted molar refractivity (Wildman–Crippen MR) is 87.6 cm³/mol. The molecule has 2 aromatic rings. The van der Waals surface area contributed by atoms with Crippen molar-refractivity contribution in [3.63, 3.8) is 0 Å². The van der Waals surface area contributed by atoms with Gasteiger partial charge in [-0.2, -0.15) is 5.26 Å². The number of amides is 1. The van der Waals surface area contributed by atoms with Gasteiger partial charge in [0.15, 0.2) is 13.2 Å². The molecule has 0 unspecified atom stereocenters. The standard InChI is InChI=1S/C18H18N2O3/c1-13-4-3-5-14(2)18(13)23-12-17(21)20-15-6-8-16(9-7-15)22-11-10-19/h3-9H,11-12H2,1-2H3,(H,20,21). The summed E-state index contributed by atoms with van der Waals surface area (Å²) in [5, 5.41) is 11.2. The molecule has 0 aliphatic carbocycles. The monoisotopic (exact) mass is 310 g/mol. The molecule has 5 nitrogen and oxygen atoms in total. The molecule has 2 rings (SSSR count). The summed E-state index contributed by atoms with van der Waals surface area (Å²) in [5.74, 6) is 1.08. The van der Waals surface area contributed by atoms with Crippen LogP contribution in [0.4, 0.5) is 5.69 Å². The molecule has 0 atom stereocenters. The maximum atomic E-state index is 12.0. The first-order valence-corrected chi connectivity index (χ1v) is 7.19. The summed E-state index contributed by atoms with van der Waals surface area (Å²) in [6, 6.07) is 14.5. The zero-order chi connectivity index (χ0) is 16.7. The van der Waals surface area contributed by atoms with Crippen molar-refractivity contribution in [2.24, 2.45) is 0 Å². The third kappa shape index (κ3) is 4.75. The van der Waals surface area contributed by atoms with Crippen LogP contribution in [0.5, 0.6) is 11.5 Å². The molecule has 118 valence electrons. The van der Waals surface area contributed by atoms with Gasteiger partial charge in [0.2, 0.25) is 0 Å². The molecular weight excluding hydrogens is 292 g/mol. The van der Waals surface area contributed by atoms with Crippen LogP contribution in [0.3, 0.4) is 0 Å². The number of carbonyl (C=O) groups excluding carboxylic acids is 1. The van der Waals surface area contributed by atoms with E-state index < -0.39 is 0 Å². The Hall–Kier alpha value is -3.00. The Kier molecular flexibility index (Phi) is 5.59. The molecule has 0 heterocycles. The molecule has 2 aromatic carbocycles. The highest BCUT2D eigenvalue weighted by molar-refractivity contribution is 5.91. The second-order valence-corrected chi connectivity index (χ2v) is 5.03. The van der Waals surface area contributed by atoms with Crippen LogP contribution in [-0.2, 0) is 4.79 Å². The van der Waals surface area contributed by atoms with Crippen molar-refractivity contribution < 1.29 is 14.3 Å². The number of rotatable bonds is 6. The quantitative estimate of drug-likeness (QED) is 0.889. The van der Waals surface area contributed by atoms with Crippen LogP contribution in [0.25, 0.3) is 0 Å². The number of aryl methyl sites for hydroxylation is 2. The summed E-state index contributed by atoms with van der Waals surface area (Å²) in [5.41, 5.74) is 2.64. The first-order chi connectivity index (χ1) is 11.1. The van der Waals surface area contributed by atoms with Gasteiger partial charge in [0, 0.05) is 5.69 Å². The number of hydrogen-bond acceptors (Lipinski definition) is 4. The third-order valence-electron chi connectivity index (χ3n) is 3.20. The number of para-hydroxylation sites is 1. The number of anilines is 1. The number of hydrogen-bond donors (Lipinski definition) is 1. The van der Waals surface area contributed by atoms with Gasteiger partial charge in [-0.25, -0.2) is 0 Å². The fourth-order valence-corrected chi connectivity index (χ4v) is 2.11. The highest BCUT2D eigenvalue weighted by atomic mass is 16.5. The highest BCUT2D eigenvalue weighted by Crippen LogP contribution is 2.22. The van der Waals surface area contributed by atoms with Gasteiger partial charge in [0.05, 0.1) is 0 Å². The van der Waals surface area contributed by atoms with Crippen LogP contribution in [0.15, 0.2) is 42.5 Å². The Balaban J connectivity index is 1.89. The van der Waals surface area contributed by atoms with E-state index in [0.717, 1.165) is 16.9 Å². The molecule has 0 saturated heterocycles. The van der Waals surface area contributed by atoms with Gasteiger partial charge < -0.3 is 14.8 Å². The van der Waals surface area contributed by atoms with Crippen molar-refractivity contribution in [1.29, 1.82) is 5.26 Å². The average Bonchev–Trinajstić information content (AvgIpc) is 2.54. The van der Waals surface area contributed by atoms with Gasteiger partial charge in [-0.15, -0.1) is 0 Å². The summed E-state index contributed by atoms with van der Waals surface area (Å²) in [6.45, 7) is 3.83. The van der Waals surface area contributed by atoms with Crippen molar-refractivity contribution >= 4 is 11.6 Å². The number of benzene rings is 2. The normalized spacial score (nSPS) is 9.78. The van der Waals surface area contributed by atoms with Gasteiger partial charge in [0.1, 0.15) is 17.6 Å². The Morgan fingerprint density at radius 1 is 1.09 bits per heavy atom. The molecule has 23 heavy (non-hydrogen) atoms. The number of ether oxygens (including phenoxy) is 2. The van der Waals surface area contributed by atoms with Gasteiger partial charge in [-0.3, -0.25) is 4.79 Å². The minimum atomic E-state index is -0.238. The Bertz CT molecular complexity index is 698. The van der Waals surface area contributed by atoms with Crippen LogP contribution >= 0.6 is 0 Å². The molecule has 1 N–H and O–H groups in total. The fourth-order valence-electron chi connectivity index (χ4n) is 2.11. The van der Waals surface area contributed by atoms with E-state index in [1.165, 1.54) is 0 Å². The van der Waals surface area contributed by atoms with Gasteiger partial charge in [0.25, 0.3) is 5.91 Å². The smallest absolute Gasteiger partial charge is 0.262 e. The number of nitrogens with one attached hydrogen (secondary N) is 1. The second kappa shape index (κ2) is 7.85. The summed E-state index contributed by atoms with van der Waals surface area (Å²) in [4.78, 5) is 12.0. The lowest BCUT2D eigenvalue weighted by Crippen LogP contribution is -2.20. The van der Waals surface area contributed by atoms with Crippen molar-refractivity contribution in [2.75, 3.05) is 18.5 Å². The van der Waals surface area contributed by atoms with E-state index in [9.17, 15) is 4.79 Å². The molecule has 0 aromatic heterocycles. The lowest BCUT2D eigenvalue weighted by molar-refractivity contribution is -0.118. The van der Waals surface area contributed by atoms with Crippen LogP contribution in [-0.4, -0.2) is 19.1 Å². The number of nitriles is 1. The van der Waals surface area contributed by atoms with E-state index in [4.69, 9.17) is 14.7 Å². The zero-order valence-electron chi connectivity index (χ0n) is 13.1. The number of carbonyl (C=O) groups is 1. The van der Waals surface area contributed by atoms with E-state index in [2.05, 4.69) is 5.32 Å². The molecule has 0 radical (unpaired) electrons. The highest BCUT2D eigenvalue weighted by Gasteiger charge is 2.07. The second-order valence-electron chi connectivity index (χ2n) is 5.03. The molecule has 0 aliphatic heterocycles. The summed E-state index contributed by atoms with van der Waals surface area (Å²) in [7, 11) is 0. The largest absolute Gasteiger partial charge is 0.483 e. The third-order valence-corrected chi connectivity index (χ3v) is 3.20. The average molecular weight is 310 g/mol. The summed E-state index contributed by atoms with van der Waals surface area (Å²) < 4.78 is 10.8. The molecule has 0 bridgehead atoms. The van der Waals surface area contributed by atoms with E-state index in [1.54, 1.807) is 24.3 Å². The van der Waals surface area contributed by atoms with Gasteiger partial charge in [-0.05, 0) is 49.2 Å². The van der Waals surface area contributed by atoms with Crippen molar-refractivity contribution in [2.45, 2.75) is 13.8 Å². The lowest BCUT2D eigenvalue weighted by atomic mass is 10.1. The van der Waals surface area contributed by atoms with Gasteiger partial charge in [-0.1, -0.05) is 18.2 Å². The maximum Gasteiger partial charge on any atom is 0.262 e. The minimum absolute atomic E-state index is 0.00464. The number of nitrogens with zero attached hydrogens (tertiary/aromatic N) is 1. The minimum Gasteiger partial charge on any atom is -0.483 e. The van der Waals surface area contributed by atoms with Gasteiger partial charge >= 0.3 is 0 Å². The SMILES string of the molecule is Cc1cccc(C)c1OCC(=O)Nc1ccc(OCC#N)cc1. The fraction of sp³-hybridized carbons (Fsp3) is 0.222. The molecule has 0 saturated carbocycles. The first-order valence-electron chi connectivity index (χ1n) is 7.19. The molecule has 1 amide bonds. The summed E-state index contributed by atoms with van der Waals surface area (Å²) in [6.07, 6.45) is 0. The predicted octanol–water partition coefficient (Wildman–Crippen LogP) is 3.22. The lowest BCUT2D eigenvalue weighted by Gasteiger charge is -2.12. The van der Waals surface area contributed by atoms with Crippen molar-refractivity contribution in [1.82, 2.24) is 0 Å². The van der Waals surface area contributed by atoms with Crippen molar-refractivity contribution in [3.8, 4) is 17.6 Å². The van der Waals surface area contributed by atoms with Crippen molar-refractivity contribution in [3.05, 3.63) is 53.6 Å². The van der Waals surface area contributed by atoms with Crippen LogP contribution < -0.4 is 14.8 Å². The molecule has 0 aliphatic rings. The topological polar surface area (TPSA) is 71.3 Å².